The molecule has 3 heteroatoms. The van der Waals surface area contributed by atoms with Gasteiger partial charge in [0.05, 0.1) is 10.0 Å². The molecule has 2 aromatic carbocycles. The Labute approximate surface area is 150 Å². The molecule has 0 saturated heterocycles. The van der Waals surface area contributed by atoms with Crippen LogP contribution >= 0.6 is 23.2 Å². The number of benzene rings is 2. The van der Waals surface area contributed by atoms with E-state index in [2.05, 4.69) is 36.5 Å². The van der Waals surface area contributed by atoms with Crippen LogP contribution in [0.2, 0.25) is 10.0 Å². The van der Waals surface area contributed by atoms with Gasteiger partial charge < -0.3 is 5.32 Å². The van der Waals surface area contributed by atoms with Gasteiger partial charge in [-0.1, -0.05) is 66.9 Å². The Kier molecular flexibility index (Phi) is 6.52. The first-order valence-electron chi connectivity index (χ1n) is 8.33. The van der Waals surface area contributed by atoms with Crippen molar-refractivity contribution in [1.29, 1.82) is 0 Å². The number of nitrogens with one attached hydrogen (secondary N) is 1. The number of fused-ring (bicyclic) bond motifs is 1. The van der Waals surface area contributed by atoms with Crippen molar-refractivity contribution in [2.24, 2.45) is 0 Å². The van der Waals surface area contributed by atoms with Gasteiger partial charge in [-0.05, 0) is 55.6 Å². The van der Waals surface area contributed by atoms with Gasteiger partial charge in [0, 0.05) is 12.0 Å². The Hall–Kier alpha value is -1.02. The summed E-state index contributed by atoms with van der Waals surface area (Å²) in [6.07, 6.45) is 2.26. The summed E-state index contributed by atoms with van der Waals surface area (Å²) < 4.78 is 0. The zero-order valence-corrected chi connectivity index (χ0v) is 15.8. The number of aryl methyl sites for hydroxylation is 1. The average molecular weight is 350 g/mol. The molecule has 1 aliphatic carbocycles. The maximum Gasteiger partial charge on any atom is 0.0595 e. The normalized spacial score (nSPS) is 19.6. The molecule has 1 nitrogen and oxygen atoms in total. The van der Waals surface area contributed by atoms with Gasteiger partial charge in [-0.15, -0.1) is 0 Å². The van der Waals surface area contributed by atoms with Crippen molar-refractivity contribution in [2.75, 3.05) is 7.05 Å². The van der Waals surface area contributed by atoms with Crippen molar-refractivity contribution < 1.29 is 0 Å². The van der Waals surface area contributed by atoms with Crippen LogP contribution < -0.4 is 5.32 Å². The third-order valence-corrected chi connectivity index (χ3v) is 5.17. The lowest BCUT2D eigenvalue weighted by molar-refractivity contribution is 0.470. The van der Waals surface area contributed by atoms with E-state index in [1.54, 1.807) is 0 Å². The van der Waals surface area contributed by atoms with Crippen LogP contribution in [-0.2, 0) is 0 Å². The van der Waals surface area contributed by atoms with Crippen LogP contribution in [0.1, 0.15) is 60.9 Å². The molecule has 0 saturated carbocycles. The predicted molar refractivity (Wildman–Crippen MR) is 102 cm³/mol. The van der Waals surface area contributed by atoms with Crippen molar-refractivity contribution in [3.63, 3.8) is 0 Å². The number of hydrogen-bond acceptors (Lipinski definition) is 1. The third kappa shape index (κ3) is 3.91. The maximum atomic E-state index is 6.20. The molecule has 0 aliphatic heterocycles. The largest absolute Gasteiger partial charge is 0.313 e. The van der Waals surface area contributed by atoms with Gasteiger partial charge in [-0.3, -0.25) is 0 Å². The summed E-state index contributed by atoms with van der Waals surface area (Å²) >= 11 is 12.2. The van der Waals surface area contributed by atoms with Crippen LogP contribution in [0.4, 0.5) is 0 Å². The molecule has 2 atom stereocenters. The summed E-state index contributed by atoms with van der Waals surface area (Å²) in [5, 5.41) is 4.69. The van der Waals surface area contributed by atoms with Crippen molar-refractivity contribution in [1.82, 2.24) is 5.32 Å². The van der Waals surface area contributed by atoms with E-state index < -0.39 is 0 Å². The van der Waals surface area contributed by atoms with Crippen molar-refractivity contribution >= 4 is 23.2 Å². The third-order valence-electron chi connectivity index (χ3n) is 4.43. The molecule has 3 rings (SSSR count). The molecule has 0 bridgehead atoms. The lowest BCUT2D eigenvalue weighted by atomic mass is 9.76. The molecule has 0 amide bonds. The quantitative estimate of drug-likeness (QED) is 0.651. The number of hydrogen-bond donors (Lipinski definition) is 1. The lowest BCUT2D eigenvalue weighted by Gasteiger charge is -2.32. The molecule has 124 valence electrons. The molecular formula is C20H25Cl2N. The molecule has 1 N–H and O–H groups in total. The highest BCUT2D eigenvalue weighted by atomic mass is 35.5. The van der Waals surface area contributed by atoms with E-state index in [1.165, 1.54) is 22.3 Å². The van der Waals surface area contributed by atoms with Crippen LogP contribution in [0.25, 0.3) is 0 Å². The standard InChI is InChI=1S/C18H19Cl2N.C2H6/c1-11-3-5-14-13(6-8-18(21-2)15(14)9-11)12-4-7-16(19)17(20)10-12;1-2/h3-5,7,9-10,13,18,21H,6,8H2,1-2H3;1-2H3. The lowest BCUT2D eigenvalue weighted by Crippen LogP contribution is -2.24. The Balaban J connectivity index is 0.000000924. The van der Waals surface area contributed by atoms with E-state index in [1.807, 2.05) is 33.0 Å². The average Bonchev–Trinajstić information content (AvgIpc) is 2.58. The fraction of sp³-hybridized carbons (Fsp3) is 0.400. The summed E-state index contributed by atoms with van der Waals surface area (Å²) in [5.41, 5.74) is 5.39. The minimum absolute atomic E-state index is 0.403. The first-order chi connectivity index (χ1) is 11.1. The van der Waals surface area contributed by atoms with E-state index in [-0.39, 0.29) is 0 Å². The first kappa shape index (κ1) is 18.3. The molecule has 0 heterocycles. The van der Waals surface area contributed by atoms with E-state index in [0.717, 1.165) is 12.8 Å². The molecular weight excluding hydrogens is 325 g/mol. The zero-order valence-electron chi connectivity index (χ0n) is 14.3. The van der Waals surface area contributed by atoms with Crippen LogP contribution in [0, 0.1) is 6.92 Å². The fourth-order valence-electron chi connectivity index (χ4n) is 3.33. The highest BCUT2D eigenvalue weighted by Gasteiger charge is 2.27. The van der Waals surface area contributed by atoms with Crippen LogP contribution in [0.5, 0.6) is 0 Å². The smallest absolute Gasteiger partial charge is 0.0595 e. The van der Waals surface area contributed by atoms with Gasteiger partial charge in [-0.25, -0.2) is 0 Å². The monoisotopic (exact) mass is 349 g/mol. The molecule has 0 fully saturated rings. The molecule has 0 aromatic heterocycles. The van der Waals surface area contributed by atoms with E-state index in [4.69, 9.17) is 23.2 Å². The minimum atomic E-state index is 0.403. The predicted octanol–water partition coefficient (Wildman–Crippen LogP) is 6.51. The number of halogens is 2. The maximum absolute atomic E-state index is 6.20. The van der Waals surface area contributed by atoms with Crippen molar-refractivity contribution in [3.8, 4) is 0 Å². The van der Waals surface area contributed by atoms with E-state index in [0.29, 0.717) is 22.0 Å². The molecule has 0 spiro atoms. The van der Waals surface area contributed by atoms with E-state index in [9.17, 15) is 0 Å². The molecule has 0 radical (unpaired) electrons. The second kappa shape index (κ2) is 8.19. The Bertz CT molecular complexity index is 667. The molecule has 2 unspecified atom stereocenters. The highest BCUT2D eigenvalue weighted by Crippen LogP contribution is 2.42. The second-order valence-electron chi connectivity index (χ2n) is 5.78. The van der Waals surface area contributed by atoms with Crippen LogP contribution in [0.3, 0.4) is 0 Å². The minimum Gasteiger partial charge on any atom is -0.313 e. The summed E-state index contributed by atoms with van der Waals surface area (Å²) in [6.45, 7) is 6.15. The van der Waals surface area contributed by atoms with E-state index >= 15 is 0 Å². The molecule has 2 aromatic rings. The second-order valence-corrected chi connectivity index (χ2v) is 6.59. The van der Waals surface area contributed by atoms with Crippen molar-refractivity contribution in [2.45, 2.75) is 45.6 Å². The summed E-state index contributed by atoms with van der Waals surface area (Å²) in [4.78, 5) is 0. The Morgan fingerprint density at radius 2 is 1.65 bits per heavy atom. The Morgan fingerprint density at radius 1 is 0.913 bits per heavy atom. The van der Waals surface area contributed by atoms with Gasteiger partial charge >= 0.3 is 0 Å². The van der Waals surface area contributed by atoms with Gasteiger partial charge in [0.15, 0.2) is 0 Å². The zero-order chi connectivity index (χ0) is 17.0. The summed E-state index contributed by atoms with van der Waals surface area (Å²) in [6, 6.07) is 13.2. The van der Waals surface area contributed by atoms with Gasteiger partial charge in [0.2, 0.25) is 0 Å². The van der Waals surface area contributed by atoms with Gasteiger partial charge in [0.1, 0.15) is 0 Å². The first-order valence-corrected chi connectivity index (χ1v) is 9.08. The Morgan fingerprint density at radius 3 is 2.30 bits per heavy atom. The summed E-state index contributed by atoms with van der Waals surface area (Å²) in [5.74, 6) is 0.403. The fourth-order valence-corrected chi connectivity index (χ4v) is 3.64. The van der Waals surface area contributed by atoms with Crippen LogP contribution in [-0.4, -0.2) is 7.05 Å². The van der Waals surface area contributed by atoms with Crippen molar-refractivity contribution in [3.05, 3.63) is 68.7 Å². The van der Waals surface area contributed by atoms with Gasteiger partial charge in [-0.2, -0.15) is 0 Å². The molecule has 1 aliphatic rings. The number of rotatable bonds is 2. The molecule has 23 heavy (non-hydrogen) atoms. The highest BCUT2D eigenvalue weighted by molar-refractivity contribution is 6.42. The van der Waals surface area contributed by atoms with Crippen LogP contribution in [0.15, 0.2) is 36.4 Å². The summed E-state index contributed by atoms with van der Waals surface area (Å²) in [7, 11) is 2.04. The SMILES string of the molecule is CC.CNC1CCC(c2ccc(Cl)c(Cl)c2)c2ccc(C)cc21. The topological polar surface area (TPSA) is 12.0 Å². The van der Waals surface area contributed by atoms with Gasteiger partial charge in [0.25, 0.3) is 0 Å².